The highest BCUT2D eigenvalue weighted by molar-refractivity contribution is 5.14. The Balaban J connectivity index is 1.97. The topological polar surface area (TPSA) is 0 Å². The standard InChI is InChI=1S/C17H28/c1-3-4-11-16(2)12-7-5-8-13-17-14-9-6-10-15-17/h6,9-10,14-16H,3-5,7-8,11-13H2,1-2H3. The Bertz CT molecular complexity index is 263. The average Bonchev–Trinajstić information content (AvgIpc) is 2.37. The van der Waals surface area contributed by atoms with Crippen molar-refractivity contribution in [2.45, 2.75) is 65.2 Å². The van der Waals surface area contributed by atoms with Gasteiger partial charge in [-0.25, -0.2) is 0 Å². The van der Waals surface area contributed by atoms with E-state index >= 15 is 0 Å². The molecular weight excluding hydrogens is 204 g/mol. The summed E-state index contributed by atoms with van der Waals surface area (Å²) >= 11 is 0. The Labute approximate surface area is 107 Å². The number of rotatable bonds is 9. The number of hydrogen-bond donors (Lipinski definition) is 0. The van der Waals surface area contributed by atoms with Gasteiger partial charge in [-0.2, -0.15) is 0 Å². The second kappa shape index (κ2) is 9.27. The molecule has 1 aromatic carbocycles. The van der Waals surface area contributed by atoms with Gasteiger partial charge >= 0.3 is 0 Å². The molecule has 0 aliphatic carbocycles. The molecule has 0 heteroatoms. The van der Waals surface area contributed by atoms with Crippen molar-refractivity contribution >= 4 is 0 Å². The van der Waals surface area contributed by atoms with Crippen LogP contribution in [0.3, 0.4) is 0 Å². The summed E-state index contributed by atoms with van der Waals surface area (Å²) in [6.07, 6.45) is 11.0. The van der Waals surface area contributed by atoms with E-state index in [1.165, 1.54) is 56.9 Å². The molecule has 1 atom stereocenters. The number of aryl methyl sites for hydroxylation is 1. The zero-order valence-electron chi connectivity index (χ0n) is 11.6. The van der Waals surface area contributed by atoms with Gasteiger partial charge in [-0.15, -0.1) is 0 Å². The molecule has 0 amide bonds. The van der Waals surface area contributed by atoms with Crippen LogP contribution in [-0.2, 0) is 6.42 Å². The summed E-state index contributed by atoms with van der Waals surface area (Å²) in [7, 11) is 0. The molecule has 0 radical (unpaired) electrons. The first-order valence-electron chi connectivity index (χ1n) is 7.37. The molecule has 0 saturated heterocycles. The van der Waals surface area contributed by atoms with Crippen molar-refractivity contribution in [1.82, 2.24) is 0 Å². The van der Waals surface area contributed by atoms with Gasteiger partial charge in [0.25, 0.3) is 0 Å². The third kappa shape index (κ3) is 7.20. The minimum atomic E-state index is 0.937. The molecule has 0 spiro atoms. The van der Waals surface area contributed by atoms with Crippen molar-refractivity contribution in [2.24, 2.45) is 5.92 Å². The van der Waals surface area contributed by atoms with Gasteiger partial charge in [0, 0.05) is 0 Å². The van der Waals surface area contributed by atoms with Crippen LogP contribution in [0.1, 0.15) is 64.4 Å². The molecule has 1 unspecified atom stereocenters. The summed E-state index contributed by atoms with van der Waals surface area (Å²) in [5.74, 6) is 0.937. The van der Waals surface area contributed by atoms with Crippen molar-refractivity contribution in [3.05, 3.63) is 35.9 Å². The molecule has 1 rings (SSSR count). The fraction of sp³-hybridized carbons (Fsp3) is 0.647. The zero-order valence-corrected chi connectivity index (χ0v) is 11.6. The van der Waals surface area contributed by atoms with E-state index in [4.69, 9.17) is 0 Å². The van der Waals surface area contributed by atoms with Crippen LogP contribution in [0.5, 0.6) is 0 Å². The van der Waals surface area contributed by atoms with Gasteiger partial charge in [-0.3, -0.25) is 0 Å². The summed E-state index contributed by atoms with van der Waals surface area (Å²) in [6, 6.07) is 10.9. The lowest BCUT2D eigenvalue weighted by atomic mass is 9.97. The molecular formula is C17H28. The van der Waals surface area contributed by atoms with Crippen molar-refractivity contribution in [1.29, 1.82) is 0 Å². The Morgan fingerprint density at radius 1 is 0.882 bits per heavy atom. The van der Waals surface area contributed by atoms with Crippen LogP contribution in [0.2, 0.25) is 0 Å². The number of unbranched alkanes of at least 4 members (excludes halogenated alkanes) is 3. The summed E-state index contributed by atoms with van der Waals surface area (Å²) in [4.78, 5) is 0. The van der Waals surface area contributed by atoms with Crippen molar-refractivity contribution in [2.75, 3.05) is 0 Å². The Morgan fingerprint density at radius 2 is 1.59 bits per heavy atom. The SMILES string of the molecule is CCCCC(C)CCCCCc1ccccc1. The van der Waals surface area contributed by atoms with E-state index in [1.54, 1.807) is 0 Å². The maximum atomic E-state index is 2.41. The Kier molecular flexibility index (Phi) is 7.79. The maximum absolute atomic E-state index is 2.41. The van der Waals surface area contributed by atoms with Crippen LogP contribution >= 0.6 is 0 Å². The average molecular weight is 232 g/mol. The third-order valence-corrected chi connectivity index (χ3v) is 3.56. The highest BCUT2D eigenvalue weighted by atomic mass is 14.1. The van der Waals surface area contributed by atoms with E-state index in [0.29, 0.717) is 0 Å². The molecule has 0 aliphatic rings. The second-order valence-corrected chi connectivity index (χ2v) is 5.33. The molecule has 0 heterocycles. The summed E-state index contributed by atoms with van der Waals surface area (Å²) in [5, 5.41) is 0. The summed E-state index contributed by atoms with van der Waals surface area (Å²) in [5.41, 5.74) is 1.49. The molecule has 1 aromatic rings. The molecule has 0 saturated carbocycles. The largest absolute Gasteiger partial charge is 0.0654 e. The molecule has 0 bridgehead atoms. The van der Waals surface area contributed by atoms with Gasteiger partial charge in [0.1, 0.15) is 0 Å². The van der Waals surface area contributed by atoms with Crippen molar-refractivity contribution in [3.63, 3.8) is 0 Å². The third-order valence-electron chi connectivity index (χ3n) is 3.56. The van der Waals surface area contributed by atoms with E-state index in [-0.39, 0.29) is 0 Å². The van der Waals surface area contributed by atoms with E-state index < -0.39 is 0 Å². The lowest BCUT2D eigenvalue weighted by molar-refractivity contribution is 0.445. The lowest BCUT2D eigenvalue weighted by Gasteiger charge is -2.10. The van der Waals surface area contributed by atoms with Gasteiger partial charge in [-0.1, -0.05) is 82.7 Å². The zero-order chi connectivity index (χ0) is 12.3. The molecule has 0 nitrogen and oxygen atoms in total. The van der Waals surface area contributed by atoms with Crippen LogP contribution in [0, 0.1) is 5.92 Å². The molecule has 0 fully saturated rings. The fourth-order valence-electron chi connectivity index (χ4n) is 2.34. The van der Waals surface area contributed by atoms with Crippen LogP contribution in [0.4, 0.5) is 0 Å². The van der Waals surface area contributed by atoms with Crippen molar-refractivity contribution in [3.8, 4) is 0 Å². The van der Waals surface area contributed by atoms with Crippen LogP contribution in [0.25, 0.3) is 0 Å². The minimum absolute atomic E-state index is 0.937. The van der Waals surface area contributed by atoms with Crippen molar-refractivity contribution < 1.29 is 0 Å². The highest BCUT2D eigenvalue weighted by Gasteiger charge is 2.01. The molecule has 96 valence electrons. The number of hydrogen-bond acceptors (Lipinski definition) is 0. The van der Waals surface area contributed by atoms with Gasteiger partial charge in [-0.05, 0) is 24.3 Å². The first-order valence-corrected chi connectivity index (χ1v) is 7.37. The monoisotopic (exact) mass is 232 g/mol. The first-order chi connectivity index (χ1) is 8.33. The fourth-order valence-corrected chi connectivity index (χ4v) is 2.34. The maximum Gasteiger partial charge on any atom is -0.0279 e. The molecule has 0 aromatic heterocycles. The smallest absolute Gasteiger partial charge is 0.0279 e. The van der Waals surface area contributed by atoms with Crippen LogP contribution in [-0.4, -0.2) is 0 Å². The van der Waals surface area contributed by atoms with Crippen LogP contribution < -0.4 is 0 Å². The van der Waals surface area contributed by atoms with Gasteiger partial charge < -0.3 is 0 Å². The van der Waals surface area contributed by atoms with Crippen LogP contribution in [0.15, 0.2) is 30.3 Å². The predicted molar refractivity (Wildman–Crippen MR) is 77.3 cm³/mol. The van der Waals surface area contributed by atoms with Gasteiger partial charge in [0.2, 0.25) is 0 Å². The van der Waals surface area contributed by atoms with E-state index in [2.05, 4.69) is 44.2 Å². The van der Waals surface area contributed by atoms with Gasteiger partial charge in [0.05, 0.1) is 0 Å². The molecule has 17 heavy (non-hydrogen) atoms. The minimum Gasteiger partial charge on any atom is -0.0654 e. The van der Waals surface area contributed by atoms with E-state index in [0.717, 1.165) is 5.92 Å². The highest BCUT2D eigenvalue weighted by Crippen LogP contribution is 2.16. The number of benzene rings is 1. The second-order valence-electron chi connectivity index (χ2n) is 5.33. The normalized spacial score (nSPS) is 12.6. The van der Waals surface area contributed by atoms with E-state index in [1.807, 2.05) is 0 Å². The lowest BCUT2D eigenvalue weighted by Crippen LogP contribution is -1.95. The molecule has 0 aliphatic heterocycles. The summed E-state index contributed by atoms with van der Waals surface area (Å²) in [6.45, 7) is 4.69. The Hall–Kier alpha value is -0.780. The molecule has 0 N–H and O–H groups in total. The van der Waals surface area contributed by atoms with E-state index in [9.17, 15) is 0 Å². The quantitative estimate of drug-likeness (QED) is 0.485. The predicted octanol–water partition coefficient (Wildman–Crippen LogP) is 5.62. The summed E-state index contributed by atoms with van der Waals surface area (Å²) < 4.78 is 0. The van der Waals surface area contributed by atoms with Gasteiger partial charge in [0.15, 0.2) is 0 Å². The first kappa shape index (κ1) is 14.3. The Morgan fingerprint density at radius 3 is 2.29 bits per heavy atom.